The van der Waals surface area contributed by atoms with Crippen molar-refractivity contribution in [3.63, 3.8) is 0 Å². The van der Waals surface area contributed by atoms with Crippen LogP contribution in [0, 0.1) is 0 Å². The highest BCUT2D eigenvalue weighted by Gasteiger charge is 2.27. The average molecular weight is 443 g/mol. The predicted octanol–water partition coefficient (Wildman–Crippen LogP) is 5.09. The Balaban J connectivity index is 4.66. The molecule has 0 amide bonds. The quantitative estimate of drug-likeness (QED) is 0.122. The molecule has 0 heterocycles. The second kappa shape index (κ2) is 18.8. The SMILES string of the molecule is CCC/C=C/CCCCCCC[N+](CCCC(=O)O)(CCCC(=O)O)CCCC(=O)O. The molecule has 31 heavy (non-hydrogen) atoms. The lowest BCUT2D eigenvalue weighted by atomic mass is 10.1. The summed E-state index contributed by atoms with van der Waals surface area (Å²) < 4.78 is 0.633. The lowest BCUT2D eigenvalue weighted by molar-refractivity contribution is -0.929. The third kappa shape index (κ3) is 18.6. The van der Waals surface area contributed by atoms with Crippen LogP contribution in [-0.2, 0) is 14.4 Å². The van der Waals surface area contributed by atoms with Crippen molar-refractivity contribution in [3.05, 3.63) is 12.2 Å². The highest BCUT2D eigenvalue weighted by molar-refractivity contribution is 5.67. The number of carboxylic acids is 3. The molecule has 7 heteroatoms. The number of nitrogens with zero attached hydrogens (tertiary/aromatic N) is 1. The van der Waals surface area contributed by atoms with Crippen LogP contribution in [0.1, 0.15) is 96.8 Å². The number of aliphatic carboxylic acids is 3. The van der Waals surface area contributed by atoms with Crippen LogP contribution in [-0.4, -0.2) is 63.9 Å². The van der Waals surface area contributed by atoms with Crippen LogP contribution in [0.3, 0.4) is 0 Å². The summed E-state index contributed by atoms with van der Waals surface area (Å²) in [5.41, 5.74) is 0. The van der Waals surface area contributed by atoms with Crippen molar-refractivity contribution in [2.45, 2.75) is 96.8 Å². The fourth-order valence-electron chi connectivity index (χ4n) is 4.01. The number of quaternary nitrogens is 1. The maximum Gasteiger partial charge on any atom is 0.303 e. The highest BCUT2D eigenvalue weighted by Crippen LogP contribution is 2.18. The first-order chi connectivity index (χ1) is 14.8. The van der Waals surface area contributed by atoms with Crippen molar-refractivity contribution < 1.29 is 34.2 Å². The number of hydrogen-bond donors (Lipinski definition) is 3. The van der Waals surface area contributed by atoms with E-state index in [0.29, 0.717) is 43.4 Å². The van der Waals surface area contributed by atoms with E-state index in [4.69, 9.17) is 15.3 Å². The summed E-state index contributed by atoms with van der Waals surface area (Å²) in [6.45, 7) is 5.01. The van der Waals surface area contributed by atoms with Gasteiger partial charge in [-0.1, -0.05) is 38.3 Å². The van der Waals surface area contributed by atoms with Crippen LogP contribution in [0.2, 0.25) is 0 Å². The van der Waals surface area contributed by atoms with Crippen LogP contribution >= 0.6 is 0 Å². The van der Waals surface area contributed by atoms with E-state index in [2.05, 4.69) is 19.1 Å². The Kier molecular flexibility index (Phi) is 17.7. The monoisotopic (exact) mass is 442 g/mol. The van der Waals surface area contributed by atoms with Crippen LogP contribution in [0.5, 0.6) is 0 Å². The third-order valence-corrected chi connectivity index (χ3v) is 5.69. The Labute approximate surface area is 187 Å². The second-order valence-corrected chi connectivity index (χ2v) is 8.54. The number of carboxylic acid groups (broad SMARTS) is 3. The summed E-state index contributed by atoms with van der Waals surface area (Å²) in [4.78, 5) is 32.9. The molecule has 0 radical (unpaired) electrons. The van der Waals surface area contributed by atoms with Gasteiger partial charge in [0.25, 0.3) is 0 Å². The zero-order valence-electron chi connectivity index (χ0n) is 19.4. The summed E-state index contributed by atoms with van der Waals surface area (Å²) >= 11 is 0. The molecule has 0 atom stereocenters. The number of carbonyl (C=O) groups is 3. The zero-order valence-corrected chi connectivity index (χ0v) is 19.4. The van der Waals surface area contributed by atoms with Crippen LogP contribution < -0.4 is 0 Å². The van der Waals surface area contributed by atoms with Crippen LogP contribution in [0.25, 0.3) is 0 Å². The Morgan fingerprint density at radius 3 is 1.42 bits per heavy atom. The molecule has 0 spiro atoms. The minimum Gasteiger partial charge on any atom is -0.481 e. The van der Waals surface area contributed by atoms with E-state index in [-0.39, 0.29) is 19.3 Å². The van der Waals surface area contributed by atoms with Gasteiger partial charge in [0, 0.05) is 19.3 Å². The molecule has 0 aliphatic rings. The van der Waals surface area contributed by atoms with Gasteiger partial charge in [0.2, 0.25) is 0 Å². The second-order valence-electron chi connectivity index (χ2n) is 8.54. The van der Waals surface area contributed by atoms with Crippen molar-refractivity contribution >= 4 is 17.9 Å². The van der Waals surface area contributed by atoms with Crippen molar-refractivity contribution in [2.24, 2.45) is 0 Å². The number of unbranched alkanes of at least 4 members (excludes halogenated alkanes) is 6. The number of allylic oxidation sites excluding steroid dienone is 2. The van der Waals surface area contributed by atoms with Crippen molar-refractivity contribution in [1.82, 2.24) is 0 Å². The van der Waals surface area contributed by atoms with E-state index in [1.807, 2.05) is 0 Å². The molecule has 0 aromatic rings. The topological polar surface area (TPSA) is 112 Å². The fourth-order valence-corrected chi connectivity index (χ4v) is 4.01. The lowest BCUT2D eigenvalue weighted by Gasteiger charge is -2.39. The van der Waals surface area contributed by atoms with E-state index >= 15 is 0 Å². The molecular formula is C24H44NO6+. The molecule has 0 aromatic heterocycles. The normalized spacial score (nSPS) is 11.8. The van der Waals surface area contributed by atoms with Gasteiger partial charge >= 0.3 is 17.9 Å². The molecule has 0 saturated carbocycles. The molecule has 0 aliphatic carbocycles. The van der Waals surface area contributed by atoms with Crippen molar-refractivity contribution in [3.8, 4) is 0 Å². The van der Waals surface area contributed by atoms with Gasteiger partial charge in [-0.05, 0) is 32.1 Å². The molecule has 0 bridgehead atoms. The standard InChI is InChI=1S/C24H43NO6/c1-2-3-4-5-6-7-8-9-10-11-18-25(19-12-15-22(26)27,20-13-16-23(28)29)21-14-17-24(30)31/h4-5H,2-3,6-21H2,1H3,(H2-,26,27,28,29,30,31)/p+1/b5-4+. The zero-order chi connectivity index (χ0) is 23.4. The van der Waals surface area contributed by atoms with Gasteiger partial charge in [-0.3, -0.25) is 14.4 Å². The summed E-state index contributed by atoms with van der Waals surface area (Å²) in [5, 5.41) is 27.0. The Hall–Kier alpha value is -1.89. The molecule has 7 nitrogen and oxygen atoms in total. The third-order valence-electron chi connectivity index (χ3n) is 5.69. The maximum absolute atomic E-state index is 11.0. The molecule has 0 aliphatic heterocycles. The molecular weight excluding hydrogens is 398 g/mol. The van der Waals surface area contributed by atoms with Crippen molar-refractivity contribution in [1.29, 1.82) is 0 Å². The smallest absolute Gasteiger partial charge is 0.303 e. The van der Waals surface area contributed by atoms with Gasteiger partial charge in [-0.15, -0.1) is 0 Å². The van der Waals surface area contributed by atoms with E-state index < -0.39 is 17.9 Å². The first-order valence-electron chi connectivity index (χ1n) is 12.0. The molecule has 0 fully saturated rings. The Morgan fingerprint density at radius 2 is 0.968 bits per heavy atom. The first-order valence-corrected chi connectivity index (χ1v) is 12.0. The largest absolute Gasteiger partial charge is 0.481 e. The van der Waals surface area contributed by atoms with E-state index in [1.54, 1.807) is 0 Å². The molecule has 180 valence electrons. The lowest BCUT2D eigenvalue weighted by Crippen LogP contribution is -2.51. The van der Waals surface area contributed by atoms with Gasteiger partial charge in [-0.25, -0.2) is 0 Å². The highest BCUT2D eigenvalue weighted by atomic mass is 16.4. The minimum atomic E-state index is -0.831. The van der Waals surface area contributed by atoms with E-state index in [1.165, 1.54) is 19.3 Å². The first kappa shape index (κ1) is 29.1. The van der Waals surface area contributed by atoms with Crippen molar-refractivity contribution in [2.75, 3.05) is 26.2 Å². The molecule has 0 rings (SSSR count). The average Bonchev–Trinajstić information content (AvgIpc) is 2.68. The predicted molar refractivity (Wildman–Crippen MR) is 122 cm³/mol. The minimum absolute atomic E-state index is 0.0867. The van der Waals surface area contributed by atoms with Crippen LogP contribution in [0.4, 0.5) is 0 Å². The van der Waals surface area contributed by atoms with Gasteiger partial charge in [0.15, 0.2) is 0 Å². The molecule has 0 aromatic carbocycles. The summed E-state index contributed by atoms with van der Waals surface area (Å²) in [5.74, 6) is -2.49. The van der Waals surface area contributed by atoms with E-state index in [0.717, 1.165) is 38.6 Å². The summed E-state index contributed by atoms with van der Waals surface area (Å²) in [6.07, 6.45) is 15.4. The van der Waals surface area contributed by atoms with Crippen LogP contribution in [0.15, 0.2) is 12.2 Å². The summed E-state index contributed by atoms with van der Waals surface area (Å²) in [6, 6.07) is 0. The number of hydrogen-bond acceptors (Lipinski definition) is 3. The van der Waals surface area contributed by atoms with Gasteiger partial charge in [0.1, 0.15) is 0 Å². The molecule has 0 saturated heterocycles. The number of rotatable bonds is 22. The van der Waals surface area contributed by atoms with Gasteiger partial charge in [0.05, 0.1) is 45.4 Å². The fraction of sp³-hybridized carbons (Fsp3) is 0.792. The summed E-state index contributed by atoms with van der Waals surface area (Å²) in [7, 11) is 0. The van der Waals surface area contributed by atoms with Gasteiger partial charge in [-0.2, -0.15) is 0 Å². The molecule has 3 N–H and O–H groups in total. The Bertz CT molecular complexity index is 482. The van der Waals surface area contributed by atoms with Gasteiger partial charge < -0.3 is 19.8 Å². The maximum atomic E-state index is 11.0. The molecule has 0 unspecified atom stereocenters. The Morgan fingerprint density at radius 1 is 0.581 bits per heavy atom. The van der Waals surface area contributed by atoms with E-state index in [9.17, 15) is 14.4 Å².